The molecule has 0 aliphatic heterocycles. The lowest BCUT2D eigenvalue weighted by Gasteiger charge is -2.62. The Morgan fingerprint density at radius 2 is 1.73 bits per heavy atom. The quantitative estimate of drug-likeness (QED) is 0.525. The predicted octanol–water partition coefficient (Wildman–Crippen LogP) is 3.53. The minimum absolute atomic E-state index is 0.0608. The molecule has 5 atom stereocenters. The number of carbonyl (C=O) groups is 4. The fourth-order valence-corrected chi connectivity index (χ4v) is 7.64. The highest BCUT2D eigenvalue weighted by Crippen LogP contribution is 2.64. The van der Waals surface area contributed by atoms with Gasteiger partial charge in [-0.3, -0.25) is 19.2 Å². The topological polar surface area (TPSA) is 109 Å². The average molecular weight is 453 g/mol. The minimum atomic E-state index is -2.49. The molecule has 0 radical (unpaired) electrons. The number of Topliss-reactive ketones (excluding diaryl/α,β-unsaturated/α-hetero) is 4. The van der Waals surface area contributed by atoms with Crippen molar-refractivity contribution in [2.24, 2.45) is 28.6 Å². The van der Waals surface area contributed by atoms with Crippen LogP contribution in [0.5, 0.6) is 5.75 Å². The Bertz CT molecular complexity index is 1170. The van der Waals surface area contributed by atoms with E-state index in [9.17, 15) is 29.4 Å². The second-order valence-corrected chi connectivity index (χ2v) is 11.2. The molecule has 4 rings (SSSR count). The fourth-order valence-electron chi connectivity index (χ4n) is 7.64. The van der Waals surface area contributed by atoms with E-state index in [0.717, 1.165) is 5.56 Å². The highest BCUT2D eigenvalue weighted by molar-refractivity contribution is 6.33. The molecule has 0 heterocycles. The molecule has 3 aliphatic rings. The number of phenolic OH excluding ortho intramolecular Hbond substituents is 1. The van der Waals surface area contributed by atoms with Crippen molar-refractivity contribution >= 4 is 23.1 Å². The van der Waals surface area contributed by atoms with E-state index in [0.29, 0.717) is 17.6 Å². The smallest absolute Gasteiger partial charge is 0.206 e. The maximum Gasteiger partial charge on any atom is 0.206 e. The average Bonchev–Trinajstić information content (AvgIpc) is 2.67. The van der Waals surface area contributed by atoms with Gasteiger partial charge >= 0.3 is 0 Å². The van der Waals surface area contributed by atoms with Crippen molar-refractivity contribution in [3.63, 3.8) is 0 Å². The zero-order valence-electron chi connectivity index (χ0n) is 20.3. The molecule has 33 heavy (non-hydrogen) atoms. The summed E-state index contributed by atoms with van der Waals surface area (Å²) in [5, 5.41) is 22.4. The number of hydrogen-bond donors (Lipinski definition) is 2. The minimum Gasteiger partial charge on any atom is -0.507 e. The lowest BCUT2D eigenvalue weighted by Crippen LogP contribution is -2.73. The van der Waals surface area contributed by atoms with Crippen molar-refractivity contribution in [1.82, 2.24) is 0 Å². The number of allylic oxidation sites excluding steroid dienone is 1. The van der Waals surface area contributed by atoms with Crippen LogP contribution < -0.4 is 0 Å². The molecule has 1 unspecified atom stereocenters. The molecule has 0 spiro atoms. The van der Waals surface area contributed by atoms with Gasteiger partial charge in [-0.15, -0.1) is 0 Å². The first-order valence-electron chi connectivity index (χ1n) is 11.5. The third-order valence-electron chi connectivity index (χ3n) is 8.65. The predicted molar refractivity (Wildman–Crippen MR) is 122 cm³/mol. The summed E-state index contributed by atoms with van der Waals surface area (Å²) in [5.41, 5.74) is -2.40. The van der Waals surface area contributed by atoms with E-state index in [1.54, 1.807) is 19.9 Å². The molecular weight excluding hydrogens is 420 g/mol. The molecule has 1 saturated carbocycles. The summed E-state index contributed by atoms with van der Waals surface area (Å²) in [7, 11) is 0. The number of rotatable bonds is 2. The van der Waals surface area contributed by atoms with E-state index in [-0.39, 0.29) is 29.2 Å². The first-order valence-corrected chi connectivity index (χ1v) is 11.5. The summed E-state index contributed by atoms with van der Waals surface area (Å²) in [6.07, 6.45) is 0.627. The Morgan fingerprint density at radius 3 is 2.27 bits per heavy atom. The number of ketones is 4. The number of fused-ring (bicyclic) bond motifs is 3. The number of benzene rings is 1. The lowest BCUT2D eigenvalue weighted by molar-refractivity contribution is -0.192. The molecule has 1 aromatic rings. The number of carbonyl (C=O) groups excluding carboxylic acids is 4. The molecule has 3 aliphatic carbocycles. The van der Waals surface area contributed by atoms with Crippen molar-refractivity contribution in [1.29, 1.82) is 0 Å². The van der Waals surface area contributed by atoms with Crippen molar-refractivity contribution < 1.29 is 29.4 Å². The molecule has 0 saturated heterocycles. The number of hydrogen-bond acceptors (Lipinski definition) is 6. The SMILES string of the molecule is CC(=O)C1=C(C)[C@@H](C(C)C)[C@]2(C)C[C@]3(C)Cc4c(C)ccc(O)c4C(=O)C3C(=O)[C@]2(O)C1=O. The van der Waals surface area contributed by atoms with Crippen LogP contribution >= 0.6 is 0 Å². The van der Waals surface area contributed by atoms with Crippen LogP contribution in [-0.2, 0) is 20.8 Å². The van der Waals surface area contributed by atoms with Gasteiger partial charge in [-0.2, -0.15) is 0 Å². The molecule has 2 N–H and O–H groups in total. The summed E-state index contributed by atoms with van der Waals surface area (Å²) >= 11 is 0. The number of aliphatic hydroxyl groups is 1. The number of phenols is 1. The van der Waals surface area contributed by atoms with Crippen molar-refractivity contribution in [3.05, 3.63) is 40.0 Å². The van der Waals surface area contributed by atoms with Crippen LogP contribution in [0.2, 0.25) is 0 Å². The van der Waals surface area contributed by atoms with Crippen molar-refractivity contribution in [2.45, 2.75) is 66.9 Å². The summed E-state index contributed by atoms with van der Waals surface area (Å²) < 4.78 is 0. The molecular formula is C27H32O6. The van der Waals surface area contributed by atoms with Gasteiger partial charge in [0.1, 0.15) is 5.75 Å². The molecule has 0 aromatic heterocycles. The number of aryl methyl sites for hydroxylation is 1. The van der Waals surface area contributed by atoms with Gasteiger partial charge in [0.2, 0.25) is 5.78 Å². The first kappa shape index (κ1) is 23.6. The molecule has 176 valence electrons. The van der Waals surface area contributed by atoms with Crippen LogP contribution in [0.1, 0.15) is 69.4 Å². The summed E-state index contributed by atoms with van der Waals surface area (Å²) in [4.78, 5) is 53.9. The van der Waals surface area contributed by atoms with Crippen LogP contribution in [0.4, 0.5) is 0 Å². The Kier molecular flexibility index (Phi) is 4.96. The molecule has 1 aromatic carbocycles. The van der Waals surface area contributed by atoms with Gasteiger partial charge in [0, 0.05) is 5.41 Å². The molecule has 6 heteroatoms. The van der Waals surface area contributed by atoms with Gasteiger partial charge in [-0.05, 0) is 68.1 Å². The second-order valence-electron chi connectivity index (χ2n) is 11.2. The summed E-state index contributed by atoms with van der Waals surface area (Å²) in [5.74, 6) is -4.75. The maximum atomic E-state index is 14.1. The molecule has 6 nitrogen and oxygen atoms in total. The molecule has 0 bridgehead atoms. The third-order valence-corrected chi connectivity index (χ3v) is 8.65. The van der Waals surface area contributed by atoms with Gasteiger partial charge in [-0.25, -0.2) is 0 Å². The zero-order valence-corrected chi connectivity index (χ0v) is 20.3. The highest BCUT2D eigenvalue weighted by Gasteiger charge is 2.73. The van der Waals surface area contributed by atoms with E-state index in [4.69, 9.17) is 0 Å². The van der Waals surface area contributed by atoms with Crippen LogP contribution in [-0.4, -0.2) is 38.9 Å². The number of aromatic hydroxyl groups is 1. The maximum absolute atomic E-state index is 14.1. The highest BCUT2D eigenvalue weighted by atomic mass is 16.3. The van der Waals surface area contributed by atoms with E-state index in [1.165, 1.54) is 13.0 Å². The van der Waals surface area contributed by atoms with Gasteiger partial charge in [0.25, 0.3) is 0 Å². The van der Waals surface area contributed by atoms with Crippen LogP contribution in [0.3, 0.4) is 0 Å². The van der Waals surface area contributed by atoms with Gasteiger partial charge in [0.05, 0.1) is 17.1 Å². The molecule has 1 fully saturated rings. The Hall–Kier alpha value is -2.60. The third kappa shape index (κ3) is 2.70. The van der Waals surface area contributed by atoms with Gasteiger partial charge < -0.3 is 10.2 Å². The van der Waals surface area contributed by atoms with Crippen molar-refractivity contribution in [2.75, 3.05) is 0 Å². The van der Waals surface area contributed by atoms with E-state index < -0.39 is 51.4 Å². The van der Waals surface area contributed by atoms with E-state index in [1.807, 2.05) is 27.7 Å². The largest absolute Gasteiger partial charge is 0.507 e. The monoisotopic (exact) mass is 452 g/mol. The second kappa shape index (κ2) is 6.95. The van der Waals surface area contributed by atoms with Crippen LogP contribution in [0.25, 0.3) is 0 Å². The fraction of sp³-hybridized carbons (Fsp3) is 0.556. The zero-order chi connectivity index (χ0) is 24.8. The lowest BCUT2D eigenvalue weighted by atomic mass is 9.40. The van der Waals surface area contributed by atoms with Crippen LogP contribution in [0.15, 0.2) is 23.3 Å². The van der Waals surface area contributed by atoms with Gasteiger partial charge in [-0.1, -0.05) is 39.3 Å². The van der Waals surface area contributed by atoms with Crippen molar-refractivity contribution in [3.8, 4) is 5.75 Å². The van der Waals surface area contributed by atoms with Gasteiger partial charge in [0.15, 0.2) is 23.0 Å². The van der Waals surface area contributed by atoms with Crippen LogP contribution in [0, 0.1) is 35.5 Å². The standard InChI is InChI=1S/C27H32O6/c1-12(2)20-14(4)18(15(5)28)23(31)27(33)24(32)21-22(30)19-16(13(3)8-9-17(19)29)10-25(21,6)11-26(20,27)7/h8-9,12,20-21,29,33H,10-11H2,1-7H3/t20-,21?,25+,26+,27-/m1/s1. The summed E-state index contributed by atoms with van der Waals surface area (Å²) in [6.45, 7) is 12.4. The normalized spacial score (nSPS) is 36.0. The Labute approximate surface area is 194 Å². The van der Waals surface area contributed by atoms with E-state index in [2.05, 4.69) is 0 Å². The molecule has 0 amide bonds. The Morgan fingerprint density at radius 1 is 1.12 bits per heavy atom. The Balaban J connectivity index is 2.02. The van der Waals surface area contributed by atoms with E-state index >= 15 is 0 Å². The summed E-state index contributed by atoms with van der Waals surface area (Å²) in [6, 6.07) is 3.18. The first-order chi connectivity index (χ1) is 15.1.